The van der Waals surface area contributed by atoms with Crippen LogP contribution in [0.1, 0.15) is 22.6 Å². The third-order valence-corrected chi connectivity index (χ3v) is 7.91. The summed E-state index contributed by atoms with van der Waals surface area (Å²) in [5.41, 5.74) is 14.1. The van der Waals surface area contributed by atoms with Crippen LogP contribution in [0.5, 0.6) is 0 Å². The van der Waals surface area contributed by atoms with Crippen LogP contribution in [0.25, 0.3) is 32.7 Å². The Morgan fingerprint density at radius 1 is 0.833 bits per heavy atom. The third kappa shape index (κ3) is 5.31. The molecule has 5 aromatic rings. The van der Waals surface area contributed by atoms with Gasteiger partial charge in [-0.2, -0.15) is 5.01 Å². The number of aliphatic hydroxyl groups excluding tert-OH is 1. The lowest BCUT2D eigenvalue weighted by atomic mass is 9.92. The van der Waals surface area contributed by atoms with Gasteiger partial charge in [0.15, 0.2) is 0 Å². The fourth-order valence-corrected chi connectivity index (χ4v) is 5.99. The topological polar surface area (TPSA) is 125 Å². The van der Waals surface area contributed by atoms with Crippen LogP contribution in [0.15, 0.2) is 103 Å². The minimum Gasteiger partial charge on any atom is -0.480 e. The van der Waals surface area contributed by atoms with Crippen molar-refractivity contribution in [2.24, 2.45) is 5.73 Å². The van der Waals surface area contributed by atoms with Gasteiger partial charge in [-0.1, -0.05) is 97.1 Å². The molecule has 0 saturated carbocycles. The van der Waals surface area contributed by atoms with Gasteiger partial charge in [0.1, 0.15) is 19.4 Å². The summed E-state index contributed by atoms with van der Waals surface area (Å²) in [6.07, 6.45) is -2.13. The second-order valence-corrected chi connectivity index (χ2v) is 10.5. The molecule has 6 rings (SSSR count). The molecular formula is C34H31N3O5. The van der Waals surface area contributed by atoms with E-state index in [4.69, 9.17) is 10.5 Å². The molecule has 5 aromatic carbocycles. The highest BCUT2D eigenvalue weighted by atomic mass is 16.6. The van der Waals surface area contributed by atoms with Crippen LogP contribution in [0.2, 0.25) is 0 Å². The van der Waals surface area contributed by atoms with E-state index in [2.05, 4.69) is 11.5 Å². The monoisotopic (exact) mass is 561 g/mol. The van der Waals surface area contributed by atoms with Crippen LogP contribution < -0.4 is 11.2 Å². The quantitative estimate of drug-likeness (QED) is 0.113. The highest BCUT2D eigenvalue weighted by Gasteiger charge is 2.31. The predicted octanol–water partition coefficient (Wildman–Crippen LogP) is 5.02. The number of nitrogens with two attached hydrogens (primary N) is 1. The number of nitrogens with zero attached hydrogens (tertiary/aromatic N) is 1. The minimum atomic E-state index is -1.50. The van der Waals surface area contributed by atoms with Crippen LogP contribution >= 0.6 is 0 Å². The number of rotatable bonds is 9. The van der Waals surface area contributed by atoms with E-state index in [1.165, 1.54) is 0 Å². The highest BCUT2D eigenvalue weighted by molar-refractivity contribution is 6.02. The number of benzene rings is 5. The van der Waals surface area contributed by atoms with Crippen molar-refractivity contribution in [3.05, 3.63) is 120 Å². The van der Waals surface area contributed by atoms with Crippen LogP contribution in [-0.4, -0.2) is 52.7 Å². The van der Waals surface area contributed by atoms with E-state index in [1.807, 2.05) is 97.1 Å². The molecule has 42 heavy (non-hydrogen) atoms. The molecule has 1 amide bonds. The Balaban J connectivity index is 1.18. The molecule has 0 fully saturated rings. The van der Waals surface area contributed by atoms with Crippen molar-refractivity contribution in [3.63, 3.8) is 0 Å². The molecule has 0 aliphatic heterocycles. The number of hydrogen-bond acceptors (Lipinski definition) is 6. The Morgan fingerprint density at radius 3 is 1.93 bits per heavy atom. The summed E-state index contributed by atoms with van der Waals surface area (Å²) >= 11 is 0. The number of amides is 1. The molecule has 2 atom stereocenters. The summed E-state index contributed by atoms with van der Waals surface area (Å²) in [7, 11) is 0. The van der Waals surface area contributed by atoms with Crippen molar-refractivity contribution in [3.8, 4) is 11.1 Å². The van der Waals surface area contributed by atoms with Crippen molar-refractivity contribution >= 4 is 33.6 Å². The first-order valence-corrected chi connectivity index (χ1v) is 13.8. The maximum atomic E-state index is 12.9. The molecule has 0 radical (unpaired) electrons. The summed E-state index contributed by atoms with van der Waals surface area (Å²) in [5.74, 6) is -1.40. The standard InChI is InChI=1S/C34H31N3O5/c35-31(18-29-23-11-3-1-9-21(23)17-22-10-2-4-12-24(22)29)33(40)37(19-32(38)39)36-34(41)42-20-30-27-15-7-5-13-25(27)26-14-6-8-16-28(26)30/h1-17,30-31,33,40H,18-20,35H2,(H,36,41)(H,38,39)/t31-,33?/m0/s1. The SMILES string of the molecule is N[C@@H](Cc1c2ccccc2cc2ccccc12)C(O)N(CC(=O)O)NC(=O)OCC1c2ccccc2-c2ccccc21. The van der Waals surface area contributed by atoms with Crippen LogP contribution in [-0.2, 0) is 16.0 Å². The van der Waals surface area contributed by atoms with Crippen molar-refractivity contribution in [2.75, 3.05) is 13.2 Å². The number of aliphatic hydroxyl groups is 1. The van der Waals surface area contributed by atoms with Gasteiger partial charge in [-0.3, -0.25) is 10.2 Å². The lowest BCUT2D eigenvalue weighted by Gasteiger charge is -2.30. The Morgan fingerprint density at radius 2 is 1.36 bits per heavy atom. The van der Waals surface area contributed by atoms with Crippen molar-refractivity contribution in [2.45, 2.75) is 24.6 Å². The first-order chi connectivity index (χ1) is 20.4. The van der Waals surface area contributed by atoms with Gasteiger partial charge in [-0.25, -0.2) is 4.79 Å². The van der Waals surface area contributed by atoms with Gasteiger partial charge in [0, 0.05) is 12.0 Å². The van der Waals surface area contributed by atoms with E-state index in [-0.39, 0.29) is 18.9 Å². The first kappa shape index (κ1) is 27.4. The van der Waals surface area contributed by atoms with E-state index in [1.54, 1.807) is 0 Å². The molecule has 212 valence electrons. The molecule has 8 heteroatoms. The minimum absolute atomic E-state index is 0.0465. The number of carboxylic acids is 1. The second-order valence-electron chi connectivity index (χ2n) is 10.5. The molecule has 0 saturated heterocycles. The Bertz CT molecular complexity index is 1690. The molecule has 1 unspecified atom stereocenters. The number of aliphatic carboxylic acids is 1. The number of carbonyl (C=O) groups is 2. The molecule has 1 aliphatic rings. The molecule has 1 aliphatic carbocycles. The van der Waals surface area contributed by atoms with E-state index < -0.39 is 30.9 Å². The first-order valence-electron chi connectivity index (χ1n) is 13.8. The van der Waals surface area contributed by atoms with Gasteiger partial charge in [-0.15, -0.1) is 0 Å². The van der Waals surface area contributed by atoms with E-state index in [9.17, 15) is 19.8 Å². The summed E-state index contributed by atoms with van der Waals surface area (Å²) in [6, 6.07) is 33.0. The normalized spacial score (nSPS) is 14.0. The van der Waals surface area contributed by atoms with Crippen molar-refractivity contribution < 1.29 is 24.5 Å². The molecular weight excluding hydrogens is 530 g/mol. The average molecular weight is 562 g/mol. The second kappa shape index (κ2) is 11.6. The van der Waals surface area contributed by atoms with Crippen LogP contribution in [0.4, 0.5) is 4.79 Å². The number of hydrazine groups is 1. The van der Waals surface area contributed by atoms with Gasteiger partial charge in [-0.05, 0) is 61.8 Å². The van der Waals surface area contributed by atoms with Gasteiger partial charge in [0.2, 0.25) is 0 Å². The summed E-state index contributed by atoms with van der Waals surface area (Å²) in [6.45, 7) is -0.625. The maximum Gasteiger partial charge on any atom is 0.421 e. The molecule has 0 bridgehead atoms. The predicted molar refractivity (Wildman–Crippen MR) is 162 cm³/mol. The number of hydrogen-bond donors (Lipinski definition) is 4. The van der Waals surface area contributed by atoms with Gasteiger partial charge >= 0.3 is 12.1 Å². The van der Waals surface area contributed by atoms with E-state index >= 15 is 0 Å². The summed E-state index contributed by atoms with van der Waals surface area (Å²) in [5, 5.41) is 25.7. The van der Waals surface area contributed by atoms with Crippen molar-refractivity contribution in [1.82, 2.24) is 10.4 Å². The van der Waals surface area contributed by atoms with Gasteiger partial charge in [0.05, 0.1) is 0 Å². The number of ether oxygens (including phenoxy) is 1. The lowest BCUT2D eigenvalue weighted by molar-refractivity contribution is -0.144. The molecule has 0 aromatic heterocycles. The van der Waals surface area contributed by atoms with Crippen LogP contribution in [0, 0.1) is 0 Å². The zero-order valence-electron chi connectivity index (χ0n) is 22.8. The fourth-order valence-electron chi connectivity index (χ4n) is 5.99. The Kier molecular flexibility index (Phi) is 7.58. The van der Waals surface area contributed by atoms with E-state index in [0.717, 1.165) is 54.4 Å². The number of carbonyl (C=O) groups excluding carboxylic acids is 1. The zero-order chi connectivity index (χ0) is 29.2. The fraction of sp³-hybridized carbons (Fsp3) is 0.176. The number of carboxylic acid groups (broad SMARTS) is 1. The number of nitrogens with one attached hydrogen (secondary N) is 1. The lowest BCUT2D eigenvalue weighted by Crippen LogP contribution is -2.57. The third-order valence-electron chi connectivity index (χ3n) is 7.91. The summed E-state index contributed by atoms with van der Waals surface area (Å²) in [4.78, 5) is 24.6. The van der Waals surface area contributed by atoms with Crippen molar-refractivity contribution in [1.29, 1.82) is 0 Å². The Hall–Kier alpha value is -4.76. The zero-order valence-corrected chi connectivity index (χ0v) is 22.8. The van der Waals surface area contributed by atoms with Crippen LogP contribution in [0.3, 0.4) is 0 Å². The summed E-state index contributed by atoms with van der Waals surface area (Å²) < 4.78 is 5.58. The highest BCUT2D eigenvalue weighted by Crippen LogP contribution is 2.44. The maximum absolute atomic E-state index is 12.9. The molecule has 5 N–H and O–H groups in total. The molecule has 0 heterocycles. The molecule has 8 nitrogen and oxygen atoms in total. The van der Waals surface area contributed by atoms with E-state index in [0.29, 0.717) is 0 Å². The number of fused-ring (bicyclic) bond motifs is 5. The van der Waals surface area contributed by atoms with Gasteiger partial charge in [0.25, 0.3) is 0 Å². The van der Waals surface area contributed by atoms with Gasteiger partial charge < -0.3 is 20.7 Å². The largest absolute Gasteiger partial charge is 0.480 e. The molecule has 0 spiro atoms. The average Bonchev–Trinajstić information content (AvgIpc) is 3.32. The Labute approximate surface area is 242 Å². The smallest absolute Gasteiger partial charge is 0.421 e.